The summed E-state index contributed by atoms with van der Waals surface area (Å²) in [5, 5.41) is 4.40. The Kier molecular flexibility index (Phi) is 3.37. The molecular weight excluding hydrogens is 268 g/mol. The van der Waals surface area contributed by atoms with Crippen molar-refractivity contribution < 1.29 is 0 Å². The zero-order valence-corrected chi connectivity index (χ0v) is 11.6. The zero-order valence-electron chi connectivity index (χ0n) is 10.00. The fraction of sp³-hybridized carbons (Fsp3) is 0.727. The molecule has 0 saturated heterocycles. The van der Waals surface area contributed by atoms with Gasteiger partial charge in [-0.25, -0.2) is 0 Å². The molecule has 0 bridgehead atoms. The van der Waals surface area contributed by atoms with E-state index in [0.29, 0.717) is 12.0 Å². The summed E-state index contributed by atoms with van der Waals surface area (Å²) in [6.07, 6.45) is 2.22. The minimum atomic E-state index is 0.362. The Hall–Kier alpha value is -0.390. The molecular formula is C11H19BrN4. The van der Waals surface area contributed by atoms with E-state index in [0.717, 1.165) is 22.5 Å². The Bertz CT molecular complexity index is 388. The first-order valence-electron chi connectivity index (χ1n) is 5.68. The van der Waals surface area contributed by atoms with E-state index in [1.807, 2.05) is 18.7 Å². The summed E-state index contributed by atoms with van der Waals surface area (Å²) in [5.74, 6) is 7.15. The second kappa shape index (κ2) is 4.47. The Morgan fingerprint density at radius 3 is 2.69 bits per heavy atom. The number of nitrogens with zero attached hydrogens (tertiary/aromatic N) is 2. The summed E-state index contributed by atoms with van der Waals surface area (Å²) in [7, 11) is 1.98. The predicted octanol–water partition coefficient (Wildman–Crippen LogP) is 1.52. The highest BCUT2D eigenvalue weighted by molar-refractivity contribution is 9.10. The number of hydrogen-bond acceptors (Lipinski definition) is 3. The lowest BCUT2D eigenvalue weighted by Crippen LogP contribution is -2.39. The van der Waals surface area contributed by atoms with Crippen LogP contribution in [0.4, 0.5) is 0 Å². The number of hydrazine groups is 1. The predicted molar refractivity (Wildman–Crippen MR) is 67.7 cm³/mol. The average Bonchev–Trinajstić information content (AvgIpc) is 2.90. The van der Waals surface area contributed by atoms with Crippen LogP contribution in [0.3, 0.4) is 0 Å². The van der Waals surface area contributed by atoms with Crippen molar-refractivity contribution in [2.24, 2.45) is 24.7 Å². The van der Waals surface area contributed by atoms with Crippen LogP contribution in [0.5, 0.6) is 0 Å². The Labute approximate surface area is 105 Å². The molecule has 1 aromatic heterocycles. The number of aromatic nitrogens is 2. The first-order valence-corrected chi connectivity index (χ1v) is 6.48. The highest BCUT2D eigenvalue weighted by Crippen LogP contribution is 2.41. The van der Waals surface area contributed by atoms with Crippen LogP contribution in [0, 0.1) is 18.8 Å². The van der Waals surface area contributed by atoms with Gasteiger partial charge in [0.05, 0.1) is 15.9 Å². The van der Waals surface area contributed by atoms with E-state index in [1.54, 1.807) is 0 Å². The SMILES string of the molecule is Cc1nn(C)c(CC(NN)C2CC2C)c1Br. The molecule has 1 aliphatic carbocycles. The Morgan fingerprint density at radius 1 is 1.69 bits per heavy atom. The van der Waals surface area contributed by atoms with Crippen LogP contribution in [-0.2, 0) is 13.5 Å². The van der Waals surface area contributed by atoms with Crippen molar-refractivity contribution in [2.45, 2.75) is 32.7 Å². The van der Waals surface area contributed by atoms with Gasteiger partial charge in [-0.1, -0.05) is 6.92 Å². The molecule has 3 N–H and O–H groups in total. The van der Waals surface area contributed by atoms with Gasteiger partial charge in [0, 0.05) is 19.5 Å². The Morgan fingerprint density at radius 2 is 2.31 bits per heavy atom. The van der Waals surface area contributed by atoms with Crippen LogP contribution < -0.4 is 11.3 Å². The van der Waals surface area contributed by atoms with Gasteiger partial charge in [0.25, 0.3) is 0 Å². The van der Waals surface area contributed by atoms with E-state index in [4.69, 9.17) is 5.84 Å². The monoisotopic (exact) mass is 286 g/mol. The first-order chi connectivity index (χ1) is 7.54. The number of halogens is 1. The van der Waals surface area contributed by atoms with Crippen LogP contribution >= 0.6 is 15.9 Å². The second-order valence-corrected chi connectivity index (χ2v) is 5.62. The van der Waals surface area contributed by atoms with Crippen molar-refractivity contribution in [3.8, 4) is 0 Å². The minimum Gasteiger partial charge on any atom is -0.271 e. The molecule has 0 amide bonds. The normalized spacial score (nSPS) is 25.8. The molecule has 0 aliphatic heterocycles. The second-order valence-electron chi connectivity index (χ2n) is 4.82. The molecule has 1 aromatic rings. The summed E-state index contributed by atoms with van der Waals surface area (Å²) in [6.45, 7) is 4.29. The molecule has 0 aromatic carbocycles. The van der Waals surface area contributed by atoms with Crippen molar-refractivity contribution in [1.29, 1.82) is 0 Å². The number of nitrogens with two attached hydrogens (primary N) is 1. The maximum Gasteiger partial charge on any atom is 0.0738 e. The van der Waals surface area contributed by atoms with E-state index in [2.05, 4.69) is 33.4 Å². The molecule has 0 radical (unpaired) electrons. The summed E-state index contributed by atoms with van der Waals surface area (Å²) in [5.41, 5.74) is 5.21. The molecule has 3 unspecified atom stereocenters. The third-order valence-corrected chi connectivity index (χ3v) is 4.61. The van der Waals surface area contributed by atoms with E-state index < -0.39 is 0 Å². The fourth-order valence-electron chi connectivity index (χ4n) is 2.36. The van der Waals surface area contributed by atoms with Gasteiger partial charge >= 0.3 is 0 Å². The molecule has 5 heteroatoms. The van der Waals surface area contributed by atoms with Crippen molar-refractivity contribution in [3.63, 3.8) is 0 Å². The van der Waals surface area contributed by atoms with Crippen LogP contribution in [0.1, 0.15) is 24.7 Å². The van der Waals surface area contributed by atoms with E-state index >= 15 is 0 Å². The largest absolute Gasteiger partial charge is 0.271 e. The lowest BCUT2D eigenvalue weighted by Gasteiger charge is -2.15. The standard InChI is InChI=1S/C11H19BrN4/c1-6-4-8(6)9(14-13)5-10-11(12)7(2)15-16(10)3/h6,8-9,14H,4-5,13H2,1-3H3. The van der Waals surface area contributed by atoms with Crippen LogP contribution in [-0.4, -0.2) is 15.8 Å². The molecule has 1 saturated carbocycles. The third kappa shape index (κ3) is 2.17. The molecule has 0 spiro atoms. The van der Waals surface area contributed by atoms with Gasteiger partial charge in [-0.2, -0.15) is 5.10 Å². The first kappa shape index (κ1) is 12.1. The molecule has 16 heavy (non-hydrogen) atoms. The van der Waals surface area contributed by atoms with Gasteiger partial charge in [-0.3, -0.25) is 16.0 Å². The van der Waals surface area contributed by atoms with E-state index in [1.165, 1.54) is 12.1 Å². The van der Waals surface area contributed by atoms with Gasteiger partial charge in [0.1, 0.15) is 0 Å². The molecule has 1 aliphatic rings. The summed E-state index contributed by atoms with van der Waals surface area (Å²) >= 11 is 3.59. The van der Waals surface area contributed by atoms with E-state index in [9.17, 15) is 0 Å². The number of aryl methyl sites for hydroxylation is 2. The minimum absolute atomic E-state index is 0.362. The maximum absolute atomic E-state index is 5.64. The summed E-state index contributed by atoms with van der Waals surface area (Å²) in [6, 6.07) is 0.362. The van der Waals surface area contributed by atoms with Gasteiger partial charge in [0.15, 0.2) is 0 Å². The lowest BCUT2D eigenvalue weighted by molar-refractivity contribution is 0.442. The van der Waals surface area contributed by atoms with Crippen LogP contribution in [0.2, 0.25) is 0 Å². The van der Waals surface area contributed by atoms with Crippen LogP contribution in [0.15, 0.2) is 4.47 Å². The number of hydrogen-bond donors (Lipinski definition) is 2. The average molecular weight is 287 g/mol. The number of nitrogens with one attached hydrogen (secondary N) is 1. The topological polar surface area (TPSA) is 55.9 Å². The molecule has 4 nitrogen and oxygen atoms in total. The Balaban J connectivity index is 2.12. The summed E-state index contributed by atoms with van der Waals surface area (Å²) in [4.78, 5) is 0. The summed E-state index contributed by atoms with van der Waals surface area (Å²) < 4.78 is 3.06. The quantitative estimate of drug-likeness (QED) is 0.652. The highest BCUT2D eigenvalue weighted by atomic mass is 79.9. The maximum atomic E-state index is 5.64. The number of rotatable bonds is 4. The molecule has 2 rings (SSSR count). The smallest absolute Gasteiger partial charge is 0.0738 e. The van der Waals surface area contributed by atoms with Gasteiger partial charge in [-0.15, -0.1) is 0 Å². The molecule has 1 fully saturated rings. The molecule has 1 heterocycles. The van der Waals surface area contributed by atoms with Crippen LogP contribution in [0.25, 0.3) is 0 Å². The van der Waals surface area contributed by atoms with Crippen molar-refractivity contribution >= 4 is 15.9 Å². The molecule has 3 atom stereocenters. The highest BCUT2D eigenvalue weighted by Gasteiger charge is 2.39. The fourth-order valence-corrected chi connectivity index (χ4v) is 2.85. The van der Waals surface area contributed by atoms with Gasteiger partial charge in [0.2, 0.25) is 0 Å². The molecule has 90 valence electrons. The van der Waals surface area contributed by atoms with Crippen molar-refractivity contribution in [1.82, 2.24) is 15.2 Å². The lowest BCUT2D eigenvalue weighted by atomic mass is 10.1. The van der Waals surface area contributed by atoms with Gasteiger partial charge in [-0.05, 0) is 41.1 Å². The zero-order chi connectivity index (χ0) is 11.9. The van der Waals surface area contributed by atoms with Gasteiger partial charge < -0.3 is 0 Å². The van der Waals surface area contributed by atoms with Crippen molar-refractivity contribution in [2.75, 3.05) is 0 Å². The third-order valence-electron chi connectivity index (χ3n) is 3.58. The van der Waals surface area contributed by atoms with E-state index in [-0.39, 0.29) is 0 Å². The van der Waals surface area contributed by atoms with Crippen molar-refractivity contribution in [3.05, 3.63) is 15.9 Å².